The third-order valence-electron chi connectivity index (χ3n) is 3.71. The topological polar surface area (TPSA) is 46.9 Å². The molecule has 3 rings (SSSR count). The molecule has 2 aromatic heterocycles. The number of carbonyl (C=O) groups is 1. The first-order chi connectivity index (χ1) is 11.2. The minimum absolute atomic E-state index is 0.0986. The largest absolute Gasteiger partial charge is 0.348 e. The Morgan fingerprint density at radius 3 is 2.70 bits per heavy atom. The molecular formula is C18H19N3OS. The van der Waals surface area contributed by atoms with E-state index in [-0.39, 0.29) is 11.9 Å². The third-order valence-corrected chi connectivity index (χ3v) is 4.60. The van der Waals surface area contributed by atoms with Crippen LogP contribution in [-0.2, 0) is 0 Å². The highest BCUT2D eigenvalue weighted by atomic mass is 32.1. The lowest BCUT2D eigenvalue weighted by Gasteiger charge is -2.12. The first-order valence-electron chi connectivity index (χ1n) is 7.69. The van der Waals surface area contributed by atoms with E-state index in [2.05, 4.69) is 17.3 Å². The van der Waals surface area contributed by atoms with Gasteiger partial charge in [0.25, 0.3) is 5.91 Å². The quantitative estimate of drug-likeness (QED) is 0.767. The first-order valence-corrected chi connectivity index (χ1v) is 8.57. The molecule has 0 saturated carbocycles. The molecule has 2 heterocycles. The van der Waals surface area contributed by atoms with E-state index in [1.165, 1.54) is 0 Å². The van der Waals surface area contributed by atoms with Crippen LogP contribution >= 0.6 is 11.3 Å². The van der Waals surface area contributed by atoms with Crippen LogP contribution in [0.15, 0.2) is 53.9 Å². The second kappa shape index (κ2) is 6.79. The van der Waals surface area contributed by atoms with Crippen molar-refractivity contribution in [3.05, 3.63) is 59.6 Å². The van der Waals surface area contributed by atoms with Crippen molar-refractivity contribution < 1.29 is 4.79 Å². The maximum absolute atomic E-state index is 12.6. The number of hydrogen-bond donors (Lipinski definition) is 1. The van der Waals surface area contributed by atoms with E-state index in [0.29, 0.717) is 5.69 Å². The van der Waals surface area contributed by atoms with Crippen LogP contribution in [0.3, 0.4) is 0 Å². The van der Waals surface area contributed by atoms with Crippen LogP contribution in [0.2, 0.25) is 0 Å². The smallest absolute Gasteiger partial charge is 0.270 e. The minimum Gasteiger partial charge on any atom is -0.348 e. The number of nitrogens with one attached hydrogen (secondary N) is 1. The highest BCUT2D eigenvalue weighted by Crippen LogP contribution is 2.25. The maximum atomic E-state index is 12.6. The van der Waals surface area contributed by atoms with E-state index in [1.54, 1.807) is 16.0 Å². The lowest BCUT2D eigenvalue weighted by molar-refractivity contribution is 0.0931. The predicted octanol–water partition coefficient (Wildman–Crippen LogP) is 4.13. The van der Waals surface area contributed by atoms with Crippen molar-refractivity contribution in [3.63, 3.8) is 0 Å². The van der Waals surface area contributed by atoms with Crippen LogP contribution in [0.4, 0.5) is 0 Å². The molecule has 1 unspecified atom stereocenters. The second-order valence-corrected chi connectivity index (χ2v) is 6.37. The number of carbonyl (C=O) groups excluding carboxylic acids is 1. The van der Waals surface area contributed by atoms with Gasteiger partial charge in [0.05, 0.1) is 10.6 Å². The number of thiophene rings is 1. The van der Waals surface area contributed by atoms with E-state index in [0.717, 1.165) is 22.7 Å². The van der Waals surface area contributed by atoms with Gasteiger partial charge >= 0.3 is 0 Å². The number of rotatable bonds is 5. The Labute approximate surface area is 139 Å². The zero-order valence-electron chi connectivity index (χ0n) is 13.2. The van der Waals surface area contributed by atoms with Gasteiger partial charge in [-0.3, -0.25) is 4.79 Å². The highest BCUT2D eigenvalue weighted by Gasteiger charge is 2.18. The van der Waals surface area contributed by atoms with Gasteiger partial charge in [-0.05, 0) is 43.0 Å². The van der Waals surface area contributed by atoms with Gasteiger partial charge in [-0.2, -0.15) is 5.10 Å². The number of hydrogen-bond acceptors (Lipinski definition) is 3. The van der Waals surface area contributed by atoms with Crippen molar-refractivity contribution in [1.29, 1.82) is 0 Å². The molecule has 0 saturated heterocycles. The molecule has 0 spiro atoms. The summed E-state index contributed by atoms with van der Waals surface area (Å²) in [5, 5.41) is 9.67. The Balaban J connectivity index is 2.04. The van der Waals surface area contributed by atoms with E-state index >= 15 is 0 Å². The molecule has 0 aliphatic rings. The first kappa shape index (κ1) is 15.5. The molecule has 0 aliphatic heterocycles. The van der Waals surface area contributed by atoms with Crippen molar-refractivity contribution in [2.75, 3.05) is 0 Å². The van der Waals surface area contributed by atoms with Gasteiger partial charge < -0.3 is 5.32 Å². The molecule has 3 aromatic rings. The molecular weight excluding hydrogens is 306 g/mol. The molecule has 0 aliphatic carbocycles. The molecule has 118 valence electrons. The van der Waals surface area contributed by atoms with Crippen molar-refractivity contribution in [2.45, 2.75) is 26.3 Å². The summed E-state index contributed by atoms with van der Waals surface area (Å²) in [5.41, 5.74) is 2.25. The fourth-order valence-electron chi connectivity index (χ4n) is 2.25. The number of amides is 1. The van der Waals surface area contributed by atoms with Crippen molar-refractivity contribution in [1.82, 2.24) is 15.1 Å². The molecule has 0 fully saturated rings. The zero-order chi connectivity index (χ0) is 16.2. The monoisotopic (exact) mass is 325 g/mol. The molecule has 4 nitrogen and oxygen atoms in total. The van der Waals surface area contributed by atoms with E-state index in [9.17, 15) is 4.79 Å². The van der Waals surface area contributed by atoms with Crippen LogP contribution in [0.1, 0.15) is 30.8 Å². The Kier molecular flexibility index (Phi) is 4.57. The standard InChI is InChI=1S/C18H19N3OS/c1-3-13(2)19-18(22)16-12-15(17-10-7-11-23-17)20-21(16)14-8-5-4-6-9-14/h4-13H,3H2,1-2H3,(H,19,22). The number of benzene rings is 1. The van der Waals surface area contributed by atoms with Gasteiger partial charge in [0, 0.05) is 6.04 Å². The fraction of sp³-hybridized carbons (Fsp3) is 0.222. The number of aromatic nitrogens is 2. The van der Waals surface area contributed by atoms with Gasteiger partial charge in [0.1, 0.15) is 11.4 Å². The van der Waals surface area contributed by atoms with Gasteiger partial charge in [0.15, 0.2) is 0 Å². The predicted molar refractivity (Wildman–Crippen MR) is 94.1 cm³/mol. The Hall–Kier alpha value is -2.40. The average molecular weight is 325 g/mol. The van der Waals surface area contributed by atoms with Crippen LogP contribution in [0.25, 0.3) is 16.3 Å². The molecule has 1 N–H and O–H groups in total. The molecule has 0 bridgehead atoms. The van der Waals surface area contributed by atoms with Crippen LogP contribution in [0.5, 0.6) is 0 Å². The SMILES string of the molecule is CCC(C)NC(=O)c1cc(-c2cccs2)nn1-c1ccccc1. The molecule has 1 aromatic carbocycles. The summed E-state index contributed by atoms with van der Waals surface area (Å²) in [4.78, 5) is 13.7. The van der Waals surface area contributed by atoms with E-state index in [1.807, 2.05) is 60.8 Å². The summed E-state index contributed by atoms with van der Waals surface area (Å²) in [6, 6.07) is 15.7. The van der Waals surface area contributed by atoms with E-state index in [4.69, 9.17) is 0 Å². The summed E-state index contributed by atoms with van der Waals surface area (Å²) in [5.74, 6) is -0.0986. The zero-order valence-corrected chi connectivity index (χ0v) is 14.0. The summed E-state index contributed by atoms with van der Waals surface area (Å²) < 4.78 is 1.72. The number of para-hydroxylation sites is 1. The molecule has 5 heteroatoms. The van der Waals surface area contributed by atoms with Gasteiger partial charge in [-0.25, -0.2) is 4.68 Å². The van der Waals surface area contributed by atoms with Crippen LogP contribution < -0.4 is 5.32 Å². The van der Waals surface area contributed by atoms with Gasteiger partial charge in [0.2, 0.25) is 0 Å². The Morgan fingerprint density at radius 1 is 1.26 bits per heavy atom. The minimum atomic E-state index is -0.0986. The van der Waals surface area contributed by atoms with E-state index < -0.39 is 0 Å². The lowest BCUT2D eigenvalue weighted by atomic mass is 10.2. The Bertz CT molecular complexity index is 778. The van der Waals surface area contributed by atoms with Crippen LogP contribution in [-0.4, -0.2) is 21.7 Å². The van der Waals surface area contributed by atoms with Gasteiger partial charge in [-0.1, -0.05) is 31.2 Å². The summed E-state index contributed by atoms with van der Waals surface area (Å²) in [6.07, 6.45) is 0.892. The lowest BCUT2D eigenvalue weighted by Crippen LogP contribution is -2.33. The highest BCUT2D eigenvalue weighted by molar-refractivity contribution is 7.13. The molecule has 23 heavy (non-hydrogen) atoms. The molecule has 0 radical (unpaired) electrons. The van der Waals surface area contributed by atoms with Crippen molar-refractivity contribution >= 4 is 17.2 Å². The average Bonchev–Trinajstić information content (AvgIpc) is 3.24. The van der Waals surface area contributed by atoms with Crippen LogP contribution in [0, 0.1) is 0 Å². The van der Waals surface area contributed by atoms with Crippen molar-refractivity contribution in [3.8, 4) is 16.3 Å². The summed E-state index contributed by atoms with van der Waals surface area (Å²) in [7, 11) is 0. The fourth-order valence-corrected chi connectivity index (χ4v) is 2.93. The maximum Gasteiger partial charge on any atom is 0.270 e. The summed E-state index contributed by atoms with van der Waals surface area (Å²) in [6.45, 7) is 4.05. The normalized spacial score (nSPS) is 12.1. The molecule has 1 atom stereocenters. The van der Waals surface area contributed by atoms with Gasteiger partial charge in [-0.15, -0.1) is 11.3 Å². The number of nitrogens with zero attached hydrogens (tertiary/aromatic N) is 2. The third kappa shape index (κ3) is 3.35. The Morgan fingerprint density at radius 2 is 2.04 bits per heavy atom. The van der Waals surface area contributed by atoms with Crippen molar-refractivity contribution in [2.24, 2.45) is 0 Å². The second-order valence-electron chi connectivity index (χ2n) is 5.42. The molecule has 1 amide bonds. The summed E-state index contributed by atoms with van der Waals surface area (Å²) >= 11 is 1.62.